The summed E-state index contributed by atoms with van der Waals surface area (Å²) in [6, 6.07) is 10.5. The van der Waals surface area contributed by atoms with Gasteiger partial charge in [0.1, 0.15) is 0 Å². The third-order valence-electron chi connectivity index (χ3n) is 4.82. The van der Waals surface area contributed by atoms with Crippen LogP contribution in [0.1, 0.15) is 12.0 Å². The van der Waals surface area contributed by atoms with E-state index in [0.717, 1.165) is 45.8 Å². The van der Waals surface area contributed by atoms with E-state index in [1.165, 1.54) is 5.56 Å². The van der Waals surface area contributed by atoms with Crippen LogP contribution in [0.3, 0.4) is 0 Å². The molecule has 1 aromatic carbocycles. The summed E-state index contributed by atoms with van der Waals surface area (Å²) in [6.07, 6.45) is 0.212. The Kier molecular flexibility index (Phi) is 13.7. The van der Waals surface area contributed by atoms with Gasteiger partial charge < -0.3 is 20.3 Å². The molecule has 1 aliphatic rings. The smallest absolute Gasteiger partial charge is 0.225 e. The minimum absolute atomic E-state index is 0. The molecule has 0 spiro atoms. The number of nitrogens with two attached hydrogens (primary N) is 1. The van der Waals surface area contributed by atoms with Crippen LogP contribution in [0.15, 0.2) is 30.3 Å². The third-order valence-corrected chi connectivity index (χ3v) is 4.82. The van der Waals surface area contributed by atoms with E-state index in [4.69, 9.17) is 10.5 Å². The molecule has 156 valence electrons. The zero-order chi connectivity index (χ0) is 18.1. The quantitative estimate of drug-likeness (QED) is 0.655. The van der Waals surface area contributed by atoms with Gasteiger partial charge in [0.2, 0.25) is 5.91 Å². The Morgan fingerprint density at radius 1 is 1.19 bits per heavy atom. The fraction of sp³-hybridized carbons (Fsp3) is 0.632. The van der Waals surface area contributed by atoms with E-state index in [9.17, 15) is 4.79 Å². The van der Waals surface area contributed by atoms with Crippen molar-refractivity contribution >= 4 is 30.7 Å². The second kappa shape index (κ2) is 14.2. The molecule has 0 saturated carbocycles. The normalized spacial score (nSPS) is 15.8. The summed E-state index contributed by atoms with van der Waals surface area (Å²) in [6.45, 7) is 6.88. The Hall–Kier alpha value is -0.890. The lowest BCUT2D eigenvalue weighted by Crippen LogP contribution is -2.50. The number of carbonyl (C=O) groups is 1. The summed E-state index contributed by atoms with van der Waals surface area (Å²) in [5.74, 6) is 0.151. The first-order valence-corrected chi connectivity index (χ1v) is 9.08. The minimum Gasteiger partial charge on any atom is -0.380 e. The van der Waals surface area contributed by atoms with Gasteiger partial charge >= 0.3 is 0 Å². The van der Waals surface area contributed by atoms with Crippen LogP contribution in [-0.2, 0) is 16.1 Å². The summed E-state index contributed by atoms with van der Waals surface area (Å²) >= 11 is 0. The lowest BCUT2D eigenvalue weighted by atomic mass is 10.2. The number of benzene rings is 1. The van der Waals surface area contributed by atoms with Gasteiger partial charge in [-0.05, 0) is 12.6 Å². The van der Waals surface area contributed by atoms with Crippen LogP contribution in [0.4, 0.5) is 0 Å². The number of amides is 1. The molecule has 1 amide bonds. The van der Waals surface area contributed by atoms with Gasteiger partial charge in [-0.25, -0.2) is 0 Å². The molecular formula is C19H34Cl2N4O2. The van der Waals surface area contributed by atoms with Crippen molar-refractivity contribution < 1.29 is 9.53 Å². The van der Waals surface area contributed by atoms with Crippen LogP contribution in [0.5, 0.6) is 0 Å². The highest BCUT2D eigenvalue weighted by atomic mass is 35.5. The number of hydrogen-bond acceptors (Lipinski definition) is 5. The molecule has 8 heteroatoms. The maximum atomic E-state index is 12.3. The molecule has 1 fully saturated rings. The maximum Gasteiger partial charge on any atom is 0.225 e. The molecule has 1 atom stereocenters. The van der Waals surface area contributed by atoms with Crippen LogP contribution >= 0.6 is 24.8 Å². The van der Waals surface area contributed by atoms with E-state index in [1.54, 1.807) is 7.11 Å². The molecule has 1 saturated heterocycles. The minimum atomic E-state index is -0.169. The number of likely N-dealkylation sites (N-methyl/N-ethyl adjacent to an activating group) is 1. The van der Waals surface area contributed by atoms with Gasteiger partial charge in [-0.2, -0.15) is 0 Å². The number of hydrogen-bond donors (Lipinski definition) is 1. The highest BCUT2D eigenvalue weighted by Crippen LogP contribution is 2.07. The Morgan fingerprint density at radius 2 is 1.81 bits per heavy atom. The van der Waals surface area contributed by atoms with E-state index >= 15 is 0 Å². The summed E-state index contributed by atoms with van der Waals surface area (Å²) in [5, 5.41) is 0. The molecule has 1 aromatic rings. The molecule has 1 aliphatic heterocycles. The molecule has 2 rings (SSSR count). The Morgan fingerprint density at radius 3 is 2.37 bits per heavy atom. The van der Waals surface area contributed by atoms with Crippen LogP contribution in [0.25, 0.3) is 0 Å². The molecule has 6 nitrogen and oxygen atoms in total. The van der Waals surface area contributed by atoms with Crippen molar-refractivity contribution in [3.8, 4) is 0 Å². The van der Waals surface area contributed by atoms with E-state index in [-0.39, 0.29) is 36.8 Å². The van der Waals surface area contributed by atoms with Crippen molar-refractivity contribution in [2.75, 3.05) is 60.0 Å². The zero-order valence-corrected chi connectivity index (χ0v) is 18.0. The van der Waals surface area contributed by atoms with E-state index in [0.29, 0.717) is 13.0 Å². The van der Waals surface area contributed by atoms with Crippen molar-refractivity contribution in [1.29, 1.82) is 0 Å². The molecule has 0 bridgehead atoms. The molecule has 2 N–H and O–H groups in total. The van der Waals surface area contributed by atoms with Gasteiger partial charge in [0.05, 0.1) is 12.5 Å². The topological polar surface area (TPSA) is 62.0 Å². The summed E-state index contributed by atoms with van der Waals surface area (Å²) in [4.78, 5) is 19.0. The lowest BCUT2D eigenvalue weighted by Gasteiger charge is -2.36. The molecule has 1 unspecified atom stereocenters. The standard InChI is InChI=1S/C19H32N4O2.2ClH/c1-21(16-17-6-4-3-5-7-17)8-9-22-10-12-23(13-11-22)19(24)14-18(15-20)25-2;;/h3-7,18H,8-16,20H2,1-2H3;2*1H. The van der Waals surface area contributed by atoms with Gasteiger partial charge in [0, 0.05) is 59.5 Å². The monoisotopic (exact) mass is 420 g/mol. The average molecular weight is 421 g/mol. The highest BCUT2D eigenvalue weighted by molar-refractivity contribution is 5.85. The molecule has 27 heavy (non-hydrogen) atoms. The molecule has 0 aliphatic carbocycles. The first kappa shape index (κ1) is 26.1. The second-order valence-corrected chi connectivity index (χ2v) is 6.74. The van der Waals surface area contributed by atoms with Crippen LogP contribution in [-0.4, -0.2) is 86.7 Å². The van der Waals surface area contributed by atoms with Crippen molar-refractivity contribution in [1.82, 2.24) is 14.7 Å². The molecule has 0 radical (unpaired) electrons. The SMILES string of the molecule is COC(CN)CC(=O)N1CCN(CCN(C)Cc2ccccc2)CC1.Cl.Cl. The number of methoxy groups -OCH3 is 1. The molecular weight excluding hydrogens is 387 g/mol. The largest absolute Gasteiger partial charge is 0.380 e. The first-order chi connectivity index (χ1) is 12.1. The fourth-order valence-electron chi connectivity index (χ4n) is 3.09. The maximum absolute atomic E-state index is 12.3. The average Bonchev–Trinajstić information content (AvgIpc) is 2.65. The lowest BCUT2D eigenvalue weighted by molar-refractivity contribution is -0.135. The Labute approximate surface area is 175 Å². The van der Waals surface area contributed by atoms with Crippen molar-refractivity contribution in [3.63, 3.8) is 0 Å². The number of halogens is 2. The summed E-state index contributed by atoms with van der Waals surface area (Å²) in [7, 11) is 3.76. The van der Waals surface area contributed by atoms with Gasteiger partial charge in [-0.15, -0.1) is 24.8 Å². The van der Waals surface area contributed by atoms with Crippen molar-refractivity contribution in [2.24, 2.45) is 5.73 Å². The van der Waals surface area contributed by atoms with Gasteiger partial charge in [0.25, 0.3) is 0 Å². The van der Waals surface area contributed by atoms with Gasteiger partial charge in [-0.1, -0.05) is 30.3 Å². The number of ether oxygens (including phenoxy) is 1. The summed E-state index contributed by atoms with van der Waals surface area (Å²) in [5.41, 5.74) is 6.94. The van der Waals surface area contributed by atoms with Crippen molar-refractivity contribution in [3.05, 3.63) is 35.9 Å². The van der Waals surface area contributed by atoms with Crippen LogP contribution in [0.2, 0.25) is 0 Å². The number of rotatable bonds is 9. The highest BCUT2D eigenvalue weighted by Gasteiger charge is 2.23. The molecule has 1 heterocycles. The Bertz CT molecular complexity index is 510. The van der Waals surface area contributed by atoms with E-state index < -0.39 is 0 Å². The van der Waals surface area contributed by atoms with E-state index in [2.05, 4.69) is 41.1 Å². The summed E-state index contributed by atoms with van der Waals surface area (Å²) < 4.78 is 5.21. The second-order valence-electron chi connectivity index (χ2n) is 6.74. The fourth-order valence-corrected chi connectivity index (χ4v) is 3.09. The van der Waals surface area contributed by atoms with Crippen LogP contribution < -0.4 is 5.73 Å². The number of piperazine rings is 1. The van der Waals surface area contributed by atoms with E-state index in [1.807, 2.05) is 11.0 Å². The van der Waals surface area contributed by atoms with Crippen LogP contribution in [0, 0.1) is 0 Å². The van der Waals surface area contributed by atoms with Gasteiger partial charge in [0.15, 0.2) is 0 Å². The Balaban J connectivity index is 0.00000338. The predicted molar refractivity (Wildman–Crippen MR) is 115 cm³/mol. The van der Waals surface area contributed by atoms with Gasteiger partial charge in [-0.3, -0.25) is 9.69 Å². The third kappa shape index (κ3) is 9.23. The molecule has 0 aromatic heterocycles. The predicted octanol–water partition coefficient (Wildman–Crippen LogP) is 1.47. The zero-order valence-electron chi connectivity index (χ0n) is 16.4. The number of carbonyl (C=O) groups excluding carboxylic acids is 1. The first-order valence-electron chi connectivity index (χ1n) is 9.08. The number of nitrogens with zero attached hydrogens (tertiary/aromatic N) is 3. The van der Waals surface area contributed by atoms with Crippen molar-refractivity contribution in [2.45, 2.75) is 19.1 Å².